The topological polar surface area (TPSA) is 23.6 Å². The fraction of sp³-hybridized carbons (Fsp3) is 0.526. The molecule has 0 aromatic heterocycles. The molecule has 0 spiro atoms. The highest BCUT2D eigenvalue weighted by atomic mass is 16.2. The van der Waals surface area contributed by atoms with Crippen LogP contribution in [0.25, 0.3) is 0 Å². The number of benzene rings is 1. The largest absolute Gasteiger partial charge is 0.335 e. The van der Waals surface area contributed by atoms with Gasteiger partial charge >= 0.3 is 0 Å². The summed E-state index contributed by atoms with van der Waals surface area (Å²) in [5.41, 5.74) is 3.73. The normalized spacial score (nSPS) is 15.2. The van der Waals surface area contributed by atoms with E-state index in [2.05, 4.69) is 50.2 Å². The maximum absolute atomic E-state index is 12.4. The van der Waals surface area contributed by atoms with E-state index in [1.807, 2.05) is 17.9 Å². The Hall–Kier alpha value is -1.61. The van der Waals surface area contributed by atoms with Gasteiger partial charge in [0.05, 0.1) is 0 Å². The van der Waals surface area contributed by atoms with E-state index in [9.17, 15) is 4.79 Å². The van der Waals surface area contributed by atoms with Crippen LogP contribution in [-0.2, 0) is 17.9 Å². The molecular weight excluding hydrogens is 272 g/mol. The van der Waals surface area contributed by atoms with Crippen molar-refractivity contribution in [3.05, 3.63) is 47.0 Å². The molecule has 22 heavy (non-hydrogen) atoms. The molecule has 1 saturated carbocycles. The van der Waals surface area contributed by atoms with Crippen molar-refractivity contribution in [2.75, 3.05) is 20.6 Å². The number of nitrogens with zero attached hydrogens (tertiary/aromatic N) is 2. The number of hydrogen-bond donors (Lipinski definition) is 0. The van der Waals surface area contributed by atoms with E-state index in [0.29, 0.717) is 12.5 Å². The first kappa shape index (κ1) is 16.8. The molecule has 3 heteroatoms. The number of carbonyl (C=O) groups excluding carboxylic acids is 1. The molecule has 1 amide bonds. The fourth-order valence-corrected chi connectivity index (χ4v) is 2.62. The van der Waals surface area contributed by atoms with Crippen LogP contribution in [0.5, 0.6) is 0 Å². The van der Waals surface area contributed by atoms with Crippen LogP contribution in [-0.4, -0.2) is 36.3 Å². The molecule has 0 aliphatic heterocycles. The zero-order valence-corrected chi connectivity index (χ0v) is 14.3. The van der Waals surface area contributed by atoms with Crippen LogP contribution in [0.1, 0.15) is 37.8 Å². The summed E-state index contributed by atoms with van der Waals surface area (Å²) in [7, 11) is 4.14. The quantitative estimate of drug-likeness (QED) is 0.720. The van der Waals surface area contributed by atoms with E-state index in [1.54, 1.807) is 0 Å². The maximum atomic E-state index is 12.4. The number of allylic oxidation sites excluding steroid dienone is 1. The second kappa shape index (κ2) is 7.59. The summed E-state index contributed by atoms with van der Waals surface area (Å²) in [6.45, 7) is 6.50. The Morgan fingerprint density at radius 3 is 2.14 bits per heavy atom. The van der Waals surface area contributed by atoms with Gasteiger partial charge in [-0.1, -0.05) is 29.8 Å². The zero-order valence-electron chi connectivity index (χ0n) is 14.3. The molecule has 0 atom stereocenters. The fourth-order valence-electron chi connectivity index (χ4n) is 2.62. The highest BCUT2D eigenvalue weighted by molar-refractivity contribution is 5.88. The Labute approximate surface area is 134 Å². The lowest BCUT2D eigenvalue weighted by Crippen LogP contribution is -2.29. The second-order valence-corrected chi connectivity index (χ2v) is 6.57. The SMILES string of the molecule is CCN(Cc1ccc(CN(C)C)cc1)C(=O)C=C(C)C1CC1. The predicted molar refractivity (Wildman–Crippen MR) is 91.4 cm³/mol. The molecule has 0 heterocycles. The third-order valence-electron chi connectivity index (χ3n) is 4.16. The lowest BCUT2D eigenvalue weighted by molar-refractivity contribution is -0.126. The van der Waals surface area contributed by atoms with Gasteiger partial charge in [0, 0.05) is 25.7 Å². The molecule has 1 aliphatic carbocycles. The van der Waals surface area contributed by atoms with Crippen molar-refractivity contribution in [3.8, 4) is 0 Å². The van der Waals surface area contributed by atoms with Gasteiger partial charge in [0.2, 0.25) is 5.91 Å². The van der Waals surface area contributed by atoms with E-state index in [1.165, 1.54) is 29.5 Å². The number of hydrogen-bond acceptors (Lipinski definition) is 2. The van der Waals surface area contributed by atoms with Gasteiger partial charge in [0.1, 0.15) is 0 Å². The van der Waals surface area contributed by atoms with Crippen LogP contribution in [0.2, 0.25) is 0 Å². The summed E-state index contributed by atoms with van der Waals surface area (Å²) < 4.78 is 0. The monoisotopic (exact) mass is 300 g/mol. The molecule has 1 aliphatic rings. The van der Waals surface area contributed by atoms with Gasteiger partial charge in [0.25, 0.3) is 0 Å². The summed E-state index contributed by atoms with van der Waals surface area (Å²) in [6, 6.07) is 8.57. The second-order valence-electron chi connectivity index (χ2n) is 6.57. The third-order valence-corrected chi connectivity index (χ3v) is 4.16. The molecule has 1 aromatic rings. The first-order valence-electron chi connectivity index (χ1n) is 8.19. The summed E-state index contributed by atoms with van der Waals surface area (Å²) in [5.74, 6) is 0.803. The minimum atomic E-state index is 0.143. The summed E-state index contributed by atoms with van der Waals surface area (Å²) in [4.78, 5) is 16.4. The Kier molecular flexibility index (Phi) is 5.78. The Morgan fingerprint density at radius 1 is 1.14 bits per heavy atom. The van der Waals surface area contributed by atoms with E-state index in [0.717, 1.165) is 13.1 Å². The smallest absolute Gasteiger partial charge is 0.246 e. The van der Waals surface area contributed by atoms with Crippen molar-refractivity contribution < 1.29 is 4.79 Å². The lowest BCUT2D eigenvalue weighted by Gasteiger charge is -2.20. The van der Waals surface area contributed by atoms with E-state index in [-0.39, 0.29) is 5.91 Å². The molecule has 0 N–H and O–H groups in total. The highest BCUT2D eigenvalue weighted by Crippen LogP contribution is 2.36. The van der Waals surface area contributed by atoms with Crippen molar-refractivity contribution in [2.24, 2.45) is 5.92 Å². The maximum Gasteiger partial charge on any atom is 0.246 e. The third kappa shape index (κ3) is 4.99. The molecule has 1 fully saturated rings. The van der Waals surface area contributed by atoms with Crippen LogP contribution in [0.3, 0.4) is 0 Å². The number of carbonyl (C=O) groups is 1. The Morgan fingerprint density at radius 2 is 1.68 bits per heavy atom. The lowest BCUT2D eigenvalue weighted by atomic mass is 10.1. The molecule has 120 valence electrons. The van der Waals surface area contributed by atoms with Gasteiger partial charge in [-0.15, -0.1) is 0 Å². The molecular formula is C19H28N2O. The van der Waals surface area contributed by atoms with E-state index in [4.69, 9.17) is 0 Å². The predicted octanol–water partition coefficient (Wildman–Crippen LogP) is 3.45. The van der Waals surface area contributed by atoms with Crippen molar-refractivity contribution in [3.63, 3.8) is 0 Å². The van der Waals surface area contributed by atoms with Crippen molar-refractivity contribution in [1.29, 1.82) is 0 Å². The first-order valence-corrected chi connectivity index (χ1v) is 8.19. The van der Waals surface area contributed by atoms with Crippen molar-refractivity contribution >= 4 is 5.91 Å². The van der Waals surface area contributed by atoms with Gasteiger partial charge in [-0.3, -0.25) is 4.79 Å². The van der Waals surface area contributed by atoms with Crippen LogP contribution in [0.15, 0.2) is 35.9 Å². The summed E-state index contributed by atoms with van der Waals surface area (Å²) >= 11 is 0. The van der Waals surface area contributed by atoms with Gasteiger partial charge in [0.15, 0.2) is 0 Å². The number of likely N-dealkylation sites (N-methyl/N-ethyl adjacent to an activating group) is 1. The average Bonchev–Trinajstić information content (AvgIpc) is 3.30. The number of amides is 1. The molecule has 2 rings (SSSR count). The Balaban J connectivity index is 1.97. The van der Waals surface area contributed by atoms with E-state index < -0.39 is 0 Å². The average molecular weight is 300 g/mol. The molecule has 0 unspecified atom stereocenters. The molecule has 0 saturated heterocycles. The van der Waals surface area contributed by atoms with Gasteiger partial charge in [-0.05, 0) is 57.8 Å². The van der Waals surface area contributed by atoms with Crippen molar-refractivity contribution in [2.45, 2.75) is 39.8 Å². The van der Waals surface area contributed by atoms with Crippen LogP contribution < -0.4 is 0 Å². The Bertz CT molecular complexity index is 527. The minimum Gasteiger partial charge on any atom is -0.335 e. The van der Waals surface area contributed by atoms with E-state index >= 15 is 0 Å². The first-order chi connectivity index (χ1) is 10.5. The minimum absolute atomic E-state index is 0.143. The molecule has 1 aromatic carbocycles. The summed E-state index contributed by atoms with van der Waals surface area (Å²) in [6.07, 6.45) is 4.33. The standard InChI is InChI=1S/C19H28N2O/c1-5-21(19(22)12-15(2)18-10-11-18)14-17-8-6-16(7-9-17)13-20(3)4/h6-9,12,18H,5,10-11,13-14H2,1-4H3. The number of rotatable bonds is 7. The van der Waals surface area contributed by atoms with Gasteiger partial charge < -0.3 is 9.80 Å². The molecule has 0 radical (unpaired) electrons. The van der Waals surface area contributed by atoms with Crippen LogP contribution >= 0.6 is 0 Å². The highest BCUT2D eigenvalue weighted by Gasteiger charge is 2.24. The molecule has 0 bridgehead atoms. The molecule has 3 nitrogen and oxygen atoms in total. The van der Waals surface area contributed by atoms with Gasteiger partial charge in [-0.25, -0.2) is 0 Å². The summed E-state index contributed by atoms with van der Waals surface area (Å²) in [5, 5.41) is 0. The van der Waals surface area contributed by atoms with Gasteiger partial charge in [-0.2, -0.15) is 0 Å². The van der Waals surface area contributed by atoms with Crippen LogP contribution in [0.4, 0.5) is 0 Å². The van der Waals surface area contributed by atoms with Crippen LogP contribution in [0, 0.1) is 5.92 Å². The van der Waals surface area contributed by atoms with Crippen molar-refractivity contribution in [1.82, 2.24) is 9.80 Å². The zero-order chi connectivity index (χ0) is 16.1.